The van der Waals surface area contributed by atoms with Crippen molar-refractivity contribution < 1.29 is 4.79 Å². The number of para-hydroxylation sites is 1. The summed E-state index contributed by atoms with van der Waals surface area (Å²) < 4.78 is 1.52. The summed E-state index contributed by atoms with van der Waals surface area (Å²) >= 11 is 0. The molecule has 0 radical (unpaired) electrons. The first kappa shape index (κ1) is 15.9. The maximum atomic E-state index is 12.7. The first-order valence-electron chi connectivity index (χ1n) is 7.89. The van der Waals surface area contributed by atoms with Crippen molar-refractivity contribution in [1.29, 1.82) is 0 Å². The average molecular weight is 321 g/mol. The predicted octanol–water partition coefficient (Wildman–Crippen LogP) is 3.29. The molecule has 2 heterocycles. The molecule has 3 rings (SSSR count). The Balaban J connectivity index is 2.11. The zero-order chi connectivity index (χ0) is 17.3. The summed E-state index contributed by atoms with van der Waals surface area (Å²) in [7, 11) is 0. The van der Waals surface area contributed by atoms with Crippen molar-refractivity contribution in [2.24, 2.45) is 0 Å². The van der Waals surface area contributed by atoms with Crippen LogP contribution in [0.2, 0.25) is 0 Å². The minimum Gasteiger partial charge on any atom is -0.321 e. The quantitative estimate of drug-likeness (QED) is 0.805. The molecule has 0 unspecified atom stereocenters. The third-order valence-corrected chi connectivity index (χ3v) is 4.13. The molecule has 0 spiro atoms. The van der Waals surface area contributed by atoms with Gasteiger partial charge in [0.25, 0.3) is 11.5 Å². The highest BCUT2D eigenvalue weighted by Gasteiger charge is 2.17. The number of anilines is 1. The van der Waals surface area contributed by atoms with Gasteiger partial charge in [-0.1, -0.05) is 18.2 Å². The summed E-state index contributed by atoms with van der Waals surface area (Å²) in [6.45, 7) is 6.17. The minimum absolute atomic E-state index is 0.125. The molecular formula is C19H19N3O2. The SMILES string of the molecule is CCn1c(=O)c(C(=O)Nc2c(C)cccc2C)cc2cccnc21. The minimum atomic E-state index is -0.398. The Labute approximate surface area is 140 Å². The van der Waals surface area contributed by atoms with Crippen LogP contribution in [0.3, 0.4) is 0 Å². The van der Waals surface area contributed by atoms with Crippen LogP contribution in [0.5, 0.6) is 0 Å². The van der Waals surface area contributed by atoms with E-state index >= 15 is 0 Å². The van der Waals surface area contributed by atoms with Crippen molar-refractivity contribution in [3.8, 4) is 0 Å². The first-order chi connectivity index (χ1) is 11.5. The Bertz CT molecular complexity index is 969. The average Bonchev–Trinajstić information content (AvgIpc) is 2.57. The molecule has 24 heavy (non-hydrogen) atoms. The van der Waals surface area contributed by atoms with Gasteiger partial charge in [0.15, 0.2) is 0 Å². The van der Waals surface area contributed by atoms with Crippen molar-refractivity contribution in [3.63, 3.8) is 0 Å². The van der Waals surface area contributed by atoms with Crippen molar-refractivity contribution in [2.45, 2.75) is 27.3 Å². The molecule has 1 aromatic carbocycles. The van der Waals surface area contributed by atoms with E-state index in [1.54, 1.807) is 18.3 Å². The number of hydrogen-bond donors (Lipinski definition) is 1. The number of benzene rings is 1. The fraction of sp³-hybridized carbons (Fsp3) is 0.211. The van der Waals surface area contributed by atoms with Gasteiger partial charge < -0.3 is 5.32 Å². The van der Waals surface area contributed by atoms with Crippen molar-refractivity contribution in [2.75, 3.05) is 5.32 Å². The summed E-state index contributed by atoms with van der Waals surface area (Å²) in [5, 5.41) is 3.65. The third-order valence-electron chi connectivity index (χ3n) is 4.13. The molecular weight excluding hydrogens is 302 g/mol. The molecule has 1 amide bonds. The number of pyridine rings is 2. The van der Waals surface area contributed by atoms with E-state index in [1.807, 2.05) is 45.0 Å². The van der Waals surface area contributed by atoms with E-state index in [2.05, 4.69) is 10.3 Å². The number of amides is 1. The number of aryl methyl sites for hydroxylation is 3. The second-order valence-corrected chi connectivity index (χ2v) is 5.74. The lowest BCUT2D eigenvalue weighted by Crippen LogP contribution is -2.29. The van der Waals surface area contributed by atoms with Crippen LogP contribution in [-0.2, 0) is 6.54 Å². The smallest absolute Gasteiger partial charge is 0.265 e. The highest BCUT2D eigenvalue weighted by atomic mass is 16.2. The lowest BCUT2D eigenvalue weighted by Gasteiger charge is -2.13. The molecule has 0 aliphatic rings. The largest absolute Gasteiger partial charge is 0.321 e. The van der Waals surface area contributed by atoms with E-state index in [4.69, 9.17) is 0 Å². The number of carbonyl (C=O) groups is 1. The van der Waals surface area contributed by atoms with Crippen LogP contribution in [-0.4, -0.2) is 15.5 Å². The van der Waals surface area contributed by atoms with E-state index in [9.17, 15) is 9.59 Å². The predicted molar refractivity (Wildman–Crippen MR) is 95.5 cm³/mol. The lowest BCUT2D eigenvalue weighted by atomic mass is 10.1. The van der Waals surface area contributed by atoms with Gasteiger partial charge in [0.05, 0.1) is 0 Å². The number of fused-ring (bicyclic) bond motifs is 1. The van der Waals surface area contributed by atoms with Crippen molar-refractivity contribution in [3.05, 3.63) is 69.6 Å². The number of nitrogens with zero attached hydrogens (tertiary/aromatic N) is 2. The van der Waals surface area contributed by atoms with Crippen LogP contribution in [0, 0.1) is 13.8 Å². The van der Waals surface area contributed by atoms with Crippen LogP contribution < -0.4 is 10.9 Å². The summed E-state index contributed by atoms with van der Waals surface area (Å²) in [5.74, 6) is -0.398. The first-order valence-corrected chi connectivity index (χ1v) is 7.89. The third kappa shape index (κ3) is 2.69. The maximum absolute atomic E-state index is 12.7. The van der Waals surface area contributed by atoms with Gasteiger partial charge in [0.1, 0.15) is 11.2 Å². The second-order valence-electron chi connectivity index (χ2n) is 5.74. The molecule has 0 saturated heterocycles. The van der Waals surface area contributed by atoms with Gasteiger partial charge in [-0.05, 0) is 50.1 Å². The highest BCUT2D eigenvalue weighted by molar-refractivity contribution is 6.06. The molecule has 3 aromatic rings. The molecule has 1 N–H and O–H groups in total. The fourth-order valence-corrected chi connectivity index (χ4v) is 2.85. The topological polar surface area (TPSA) is 64.0 Å². The maximum Gasteiger partial charge on any atom is 0.265 e. The Morgan fingerprint density at radius 2 is 1.88 bits per heavy atom. The Kier molecular flexibility index (Phi) is 4.16. The molecule has 0 bridgehead atoms. The van der Waals surface area contributed by atoms with Crippen LogP contribution in [0.15, 0.2) is 47.4 Å². The molecule has 0 aliphatic carbocycles. The second kappa shape index (κ2) is 6.28. The molecule has 0 fully saturated rings. The summed E-state index contributed by atoms with van der Waals surface area (Å²) in [4.78, 5) is 29.6. The highest BCUT2D eigenvalue weighted by Crippen LogP contribution is 2.20. The number of rotatable bonds is 3. The number of hydrogen-bond acceptors (Lipinski definition) is 3. The normalized spacial score (nSPS) is 10.8. The summed E-state index contributed by atoms with van der Waals surface area (Å²) in [5.41, 5.74) is 3.06. The van der Waals surface area contributed by atoms with Gasteiger partial charge >= 0.3 is 0 Å². The van der Waals surface area contributed by atoms with E-state index in [0.29, 0.717) is 12.2 Å². The molecule has 0 atom stereocenters. The van der Waals surface area contributed by atoms with Crippen LogP contribution in [0.4, 0.5) is 5.69 Å². The molecule has 5 heteroatoms. The van der Waals surface area contributed by atoms with Gasteiger partial charge in [0.2, 0.25) is 0 Å². The van der Waals surface area contributed by atoms with Gasteiger partial charge in [-0.25, -0.2) is 4.98 Å². The molecule has 2 aromatic heterocycles. The Morgan fingerprint density at radius 1 is 1.17 bits per heavy atom. The van der Waals surface area contributed by atoms with Gasteiger partial charge in [-0.3, -0.25) is 14.2 Å². The molecule has 0 aliphatic heterocycles. The van der Waals surface area contributed by atoms with E-state index in [1.165, 1.54) is 4.57 Å². The standard InChI is InChI=1S/C19H19N3O2/c1-4-22-17-14(9-6-10-20-17)11-15(19(22)24)18(23)21-16-12(2)7-5-8-13(16)3/h5-11H,4H2,1-3H3,(H,21,23). The Morgan fingerprint density at radius 3 is 2.54 bits per heavy atom. The molecule has 122 valence electrons. The van der Waals surface area contributed by atoms with Crippen LogP contribution in [0.25, 0.3) is 11.0 Å². The zero-order valence-corrected chi connectivity index (χ0v) is 14.0. The fourth-order valence-electron chi connectivity index (χ4n) is 2.85. The van der Waals surface area contributed by atoms with E-state index in [0.717, 1.165) is 22.2 Å². The van der Waals surface area contributed by atoms with Crippen LogP contribution in [0.1, 0.15) is 28.4 Å². The summed E-state index contributed by atoms with van der Waals surface area (Å²) in [6.07, 6.45) is 1.64. The van der Waals surface area contributed by atoms with Gasteiger partial charge in [0, 0.05) is 23.8 Å². The monoisotopic (exact) mass is 321 g/mol. The number of aromatic nitrogens is 2. The van der Waals surface area contributed by atoms with Gasteiger partial charge in [-0.2, -0.15) is 0 Å². The summed E-state index contributed by atoms with van der Waals surface area (Å²) in [6, 6.07) is 11.0. The zero-order valence-electron chi connectivity index (χ0n) is 14.0. The molecule has 5 nitrogen and oxygen atoms in total. The van der Waals surface area contributed by atoms with Gasteiger partial charge in [-0.15, -0.1) is 0 Å². The van der Waals surface area contributed by atoms with Crippen molar-refractivity contribution >= 4 is 22.6 Å². The van der Waals surface area contributed by atoms with E-state index < -0.39 is 5.91 Å². The Hall–Kier alpha value is -2.95. The number of carbonyl (C=O) groups excluding carboxylic acids is 1. The molecule has 0 saturated carbocycles. The van der Waals surface area contributed by atoms with Crippen LogP contribution >= 0.6 is 0 Å². The van der Waals surface area contributed by atoms with E-state index in [-0.39, 0.29) is 11.1 Å². The lowest BCUT2D eigenvalue weighted by molar-refractivity contribution is 0.102. The van der Waals surface area contributed by atoms with Crippen molar-refractivity contribution in [1.82, 2.24) is 9.55 Å². The number of nitrogens with one attached hydrogen (secondary N) is 1.